The summed E-state index contributed by atoms with van der Waals surface area (Å²) in [4.78, 5) is 30.0. The lowest BCUT2D eigenvalue weighted by Crippen LogP contribution is -2.40. The van der Waals surface area contributed by atoms with Crippen molar-refractivity contribution < 1.29 is 19.1 Å². The van der Waals surface area contributed by atoms with E-state index in [1.54, 1.807) is 7.11 Å². The van der Waals surface area contributed by atoms with Crippen molar-refractivity contribution in [3.8, 4) is 11.5 Å². The van der Waals surface area contributed by atoms with Gasteiger partial charge in [0.25, 0.3) is 0 Å². The number of ether oxygens (including phenoxy) is 2. The lowest BCUT2D eigenvalue weighted by molar-refractivity contribution is -0.117. The molecule has 45 heavy (non-hydrogen) atoms. The number of fused-ring (bicyclic) bond motifs is 1. The smallest absolute Gasteiger partial charge is 0.174 e. The average molecular weight is 710 g/mol. The molecule has 228 valence electrons. The molecular formula is C39H36INO4. The number of hydrogen-bond donors (Lipinski definition) is 0. The maximum Gasteiger partial charge on any atom is 0.174 e. The van der Waals surface area contributed by atoms with Gasteiger partial charge in [-0.25, -0.2) is 0 Å². The van der Waals surface area contributed by atoms with Gasteiger partial charge < -0.3 is 14.4 Å². The maximum atomic E-state index is 13.8. The first-order chi connectivity index (χ1) is 22.0. The van der Waals surface area contributed by atoms with Crippen molar-refractivity contribution in [1.29, 1.82) is 0 Å². The highest BCUT2D eigenvalue weighted by atomic mass is 127. The lowest BCUT2D eigenvalue weighted by atomic mass is 9.71. The van der Waals surface area contributed by atoms with E-state index in [2.05, 4.69) is 88.2 Å². The van der Waals surface area contributed by atoms with Gasteiger partial charge in [-0.3, -0.25) is 9.59 Å². The van der Waals surface area contributed by atoms with Crippen LogP contribution in [0.25, 0.3) is 10.8 Å². The first kappa shape index (κ1) is 29.8. The van der Waals surface area contributed by atoms with E-state index in [-0.39, 0.29) is 11.6 Å². The summed E-state index contributed by atoms with van der Waals surface area (Å²) in [5.41, 5.74) is 7.07. The molecule has 0 N–H and O–H groups in total. The minimum atomic E-state index is -0.391. The Balaban J connectivity index is 1.27. The molecule has 5 nitrogen and oxygen atoms in total. The third-order valence-electron chi connectivity index (χ3n) is 9.39. The van der Waals surface area contributed by atoms with Gasteiger partial charge >= 0.3 is 0 Å². The monoisotopic (exact) mass is 709 g/mol. The molecule has 0 saturated carbocycles. The van der Waals surface area contributed by atoms with E-state index in [4.69, 9.17) is 9.47 Å². The molecule has 7 rings (SSSR count). The minimum Gasteiger partial charge on any atom is -0.493 e. The summed E-state index contributed by atoms with van der Waals surface area (Å²) in [6.45, 7) is 1.16. The average Bonchev–Trinajstić information content (AvgIpc) is 3.07. The Morgan fingerprint density at radius 2 is 1.47 bits per heavy atom. The Labute approximate surface area is 278 Å². The molecule has 0 spiro atoms. The van der Waals surface area contributed by atoms with E-state index in [1.165, 1.54) is 10.9 Å². The molecule has 0 aromatic heterocycles. The van der Waals surface area contributed by atoms with Crippen molar-refractivity contribution in [3.05, 3.63) is 128 Å². The van der Waals surface area contributed by atoms with Crippen LogP contribution in [0.2, 0.25) is 0 Å². The van der Waals surface area contributed by atoms with Gasteiger partial charge in [-0.1, -0.05) is 72.8 Å². The molecule has 0 unspecified atom stereocenters. The Morgan fingerprint density at radius 1 is 0.800 bits per heavy atom. The van der Waals surface area contributed by atoms with Gasteiger partial charge in [-0.15, -0.1) is 0 Å². The number of Topliss-reactive ketones (excluding diaryl/α,β-unsaturated/α-hetero) is 2. The van der Waals surface area contributed by atoms with Gasteiger partial charge in [0.1, 0.15) is 6.61 Å². The van der Waals surface area contributed by atoms with Gasteiger partial charge in [0.05, 0.1) is 10.7 Å². The largest absolute Gasteiger partial charge is 0.493 e. The van der Waals surface area contributed by atoms with Crippen LogP contribution in [0.5, 0.6) is 11.5 Å². The second kappa shape index (κ2) is 12.8. The summed E-state index contributed by atoms with van der Waals surface area (Å²) >= 11 is 2.30. The van der Waals surface area contributed by atoms with Crippen molar-refractivity contribution in [1.82, 2.24) is 4.90 Å². The van der Waals surface area contributed by atoms with Gasteiger partial charge in [0.2, 0.25) is 0 Å². The second-order valence-electron chi connectivity index (χ2n) is 12.1. The number of nitrogens with zero attached hydrogens (tertiary/aromatic N) is 1. The number of halogens is 1. The molecule has 4 aromatic carbocycles. The molecule has 4 aromatic rings. The molecule has 0 fully saturated rings. The third-order valence-corrected chi connectivity index (χ3v) is 10.2. The zero-order chi connectivity index (χ0) is 30.9. The standard InChI is InChI=1S/C39H36INO4/c1-44-35-23-28(22-30(40)39(35)45-24-27-14-7-13-26-12-5-6-15-29(26)27)36-37-31(16-8-18-33(37)42)41(21-20-25-10-3-2-4-11-25)32-17-9-19-34(43)38(32)36/h2-7,10-15,22-23,36H,8-9,16-21,24H2,1H3. The summed E-state index contributed by atoms with van der Waals surface area (Å²) in [7, 11) is 1.65. The molecule has 0 radical (unpaired) electrons. The predicted octanol–water partition coefficient (Wildman–Crippen LogP) is 8.69. The number of methoxy groups -OCH3 is 1. The van der Waals surface area contributed by atoms with Crippen LogP contribution in [-0.2, 0) is 22.6 Å². The molecule has 1 aliphatic heterocycles. The van der Waals surface area contributed by atoms with E-state index >= 15 is 0 Å². The van der Waals surface area contributed by atoms with Crippen LogP contribution in [0.4, 0.5) is 0 Å². The summed E-state index contributed by atoms with van der Waals surface area (Å²) in [5, 5.41) is 2.34. The summed E-state index contributed by atoms with van der Waals surface area (Å²) in [6.07, 6.45) is 5.25. The molecule has 2 aliphatic carbocycles. The fourth-order valence-corrected chi connectivity index (χ4v) is 8.10. The van der Waals surface area contributed by atoms with E-state index < -0.39 is 5.92 Å². The molecule has 3 aliphatic rings. The lowest BCUT2D eigenvalue weighted by Gasteiger charge is -2.44. The third kappa shape index (κ3) is 5.69. The molecule has 6 heteroatoms. The predicted molar refractivity (Wildman–Crippen MR) is 185 cm³/mol. The van der Waals surface area contributed by atoms with Gasteiger partial charge in [-0.2, -0.15) is 0 Å². The van der Waals surface area contributed by atoms with Crippen molar-refractivity contribution in [2.45, 2.75) is 57.5 Å². The normalized spacial score (nSPS) is 17.1. The molecule has 0 saturated heterocycles. The quantitative estimate of drug-likeness (QED) is 0.172. The highest BCUT2D eigenvalue weighted by molar-refractivity contribution is 14.1. The van der Waals surface area contributed by atoms with E-state index in [1.807, 2.05) is 24.3 Å². The van der Waals surface area contributed by atoms with E-state index in [0.717, 1.165) is 81.3 Å². The zero-order valence-electron chi connectivity index (χ0n) is 25.5. The van der Waals surface area contributed by atoms with Gasteiger partial charge in [0, 0.05) is 47.8 Å². The van der Waals surface area contributed by atoms with Crippen molar-refractivity contribution in [2.24, 2.45) is 0 Å². The van der Waals surface area contributed by atoms with Crippen LogP contribution in [0.3, 0.4) is 0 Å². The first-order valence-corrected chi connectivity index (χ1v) is 16.9. The van der Waals surface area contributed by atoms with E-state index in [0.29, 0.717) is 30.9 Å². The minimum absolute atomic E-state index is 0.154. The highest BCUT2D eigenvalue weighted by Gasteiger charge is 2.43. The number of benzene rings is 4. The number of carbonyl (C=O) groups is 2. The van der Waals surface area contributed by atoms with Gasteiger partial charge in [-0.05, 0) is 94.3 Å². The number of hydrogen-bond acceptors (Lipinski definition) is 5. The summed E-state index contributed by atoms with van der Waals surface area (Å²) < 4.78 is 13.3. The van der Waals surface area contributed by atoms with Crippen LogP contribution in [0.1, 0.15) is 61.1 Å². The fraction of sp³-hybridized carbons (Fsp3) is 0.282. The van der Waals surface area contributed by atoms with Crippen LogP contribution in [-0.4, -0.2) is 30.1 Å². The summed E-state index contributed by atoms with van der Waals surface area (Å²) in [5.74, 6) is 1.20. The molecule has 0 amide bonds. The van der Waals surface area contributed by atoms with Crippen molar-refractivity contribution >= 4 is 44.9 Å². The van der Waals surface area contributed by atoms with E-state index in [9.17, 15) is 9.59 Å². The molecular weight excluding hydrogens is 673 g/mol. The van der Waals surface area contributed by atoms with Crippen molar-refractivity contribution in [3.63, 3.8) is 0 Å². The van der Waals surface area contributed by atoms with Gasteiger partial charge in [0.15, 0.2) is 23.1 Å². The Hall–Kier alpha value is -3.91. The van der Waals surface area contributed by atoms with Crippen LogP contribution >= 0.6 is 22.6 Å². The Bertz CT molecular complexity index is 1810. The SMILES string of the molecule is COc1cc(C2C3=C(CCCC3=O)N(CCc3ccccc3)C3=C2C(=O)CCC3)cc(I)c1OCc1cccc2ccccc12. The maximum absolute atomic E-state index is 13.8. The first-order valence-electron chi connectivity index (χ1n) is 15.8. The molecule has 1 heterocycles. The number of carbonyl (C=O) groups excluding carboxylic acids is 2. The Morgan fingerprint density at radius 3 is 2.18 bits per heavy atom. The topological polar surface area (TPSA) is 55.8 Å². The Kier molecular flexibility index (Phi) is 8.49. The zero-order valence-corrected chi connectivity index (χ0v) is 27.6. The number of allylic oxidation sites excluding steroid dienone is 4. The number of rotatable bonds is 8. The van der Waals surface area contributed by atoms with Crippen LogP contribution < -0.4 is 9.47 Å². The summed E-state index contributed by atoms with van der Waals surface area (Å²) in [6, 6.07) is 29.1. The molecule has 0 bridgehead atoms. The second-order valence-corrected chi connectivity index (χ2v) is 13.2. The number of ketones is 2. The highest BCUT2D eigenvalue weighted by Crippen LogP contribution is 2.50. The fourth-order valence-electron chi connectivity index (χ4n) is 7.32. The molecule has 0 atom stereocenters. The van der Waals surface area contributed by atoms with Crippen LogP contribution in [0, 0.1) is 3.57 Å². The van der Waals surface area contributed by atoms with Crippen LogP contribution in [0.15, 0.2) is 107 Å². The van der Waals surface area contributed by atoms with Crippen molar-refractivity contribution in [2.75, 3.05) is 13.7 Å².